The van der Waals surface area contributed by atoms with Crippen LogP contribution in [0, 0.1) is 22.0 Å². The standard InChI is InChI=1S/C28H30N2O6/c1-17(2)23(15-14-20-10-7-6-8-11-20)36-28(32)25-19(4)29-18(3)24(27(31)35-5)26(25)21-12-9-13-22(16-21)30(33)34/h6-17,23-24,26H,1-5H3. The Labute approximate surface area is 210 Å². The smallest absolute Gasteiger partial charge is 0.337 e. The van der Waals surface area contributed by atoms with Crippen LogP contribution in [-0.2, 0) is 19.1 Å². The monoisotopic (exact) mass is 490 g/mol. The number of hydrogen-bond donors (Lipinski definition) is 0. The second-order valence-corrected chi connectivity index (χ2v) is 8.97. The van der Waals surface area contributed by atoms with Gasteiger partial charge in [-0.2, -0.15) is 0 Å². The number of hydrogen-bond acceptors (Lipinski definition) is 7. The minimum absolute atomic E-state index is 0.0312. The molecule has 3 rings (SSSR count). The molecule has 0 saturated carbocycles. The van der Waals surface area contributed by atoms with E-state index in [0.29, 0.717) is 17.0 Å². The lowest BCUT2D eigenvalue weighted by molar-refractivity contribution is -0.384. The third kappa shape index (κ3) is 5.94. The van der Waals surface area contributed by atoms with Gasteiger partial charge in [0.25, 0.3) is 5.69 Å². The molecule has 8 heteroatoms. The molecule has 0 fully saturated rings. The van der Waals surface area contributed by atoms with Crippen molar-refractivity contribution in [2.45, 2.75) is 39.7 Å². The maximum atomic E-state index is 13.6. The molecule has 8 nitrogen and oxygen atoms in total. The number of methoxy groups -OCH3 is 1. The first-order valence-electron chi connectivity index (χ1n) is 11.7. The summed E-state index contributed by atoms with van der Waals surface area (Å²) in [5.41, 5.74) is 2.28. The lowest BCUT2D eigenvalue weighted by atomic mass is 9.75. The summed E-state index contributed by atoms with van der Waals surface area (Å²) in [6, 6.07) is 15.6. The Balaban J connectivity index is 2.04. The number of esters is 2. The van der Waals surface area contributed by atoms with E-state index in [1.807, 2.05) is 56.3 Å². The number of nitro groups is 1. The third-order valence-corrected chi connectivity index (χ3v) is 6.12. The van der Waals surface area contributed by atoms with Gasteiger partial charge in [-0.15, -0.1) is 0 Å². The average molecular weight is 491 g/mol. The van der Waals surface area contributed by atoms with Crippen LogP contribution in [-0.4, -0.2) is 35.8 Å². The molecule has 0 aliphatic carbocycles. The number of carbonyl (C=O) groups excluding carboxylic acids is 2. The van der Waals surface area contributed by atoms with E-state index in [-0.39, 0.29) is 17.2 Å². The van der Waals surface area contributed by atoms with Crippen molar-refractivity contribution in [3.05, 3.63) is 93.2 Å². The van der Waals surface area contributed by atoms with E-state index in [2.05, 4.69) is 4.99 Å². The van der Waals surface area contributed by atoms with Crippen LogP contribution in [0.4, 0.5) is 5.69 Å². The van der Waals surface area contributed by atoms with Crippen LogP contribution < -0.4 is 0 Å². The summed E-state index contributed by atoms with van der Waals surface area (Å²) in [5.74, 6) is -3.04. The fourth-order valence-electron chi connectivity index (χ4n) is 4.28. The first kappa shape index (κ1) is 26.5. The molecule has 0 aromatic heterocycles. The van der Waals surface area contributed by atoms with Gasteiger partial charge in [0.1, 0.15) is 12.0 Å². The second-order valence-electron chi connectivity index (χ2n) is 8.97. The fourth-order valence-corrected chi connectivity index (χ4v) is 4.28. The summed E-state index contributed by atoms with van der Waals surface area (Å²) >= 11 is 0. The Morgan fingerprint density at radius 1 is 1.08 bits per heavy atom. The van der Waals surface area contributed by atoms with Gasteiger partial charge in [-0.1, -0.05) is 62.4 Å². The van der Waals surface area contributed by atoms with Gasteiger partial charge in [-0.25, -0.2) is 4.79 Å². The molecule has 0 amide bonds. The van der Waals surface area contributed by atoms with Crippen molar-refractivity contribution in [1.82, 2.24) is 0 Å². The van der Waals surface area contributed by atoms with Crippen LogP contribution in [0.1, 0.15) is 44.7 Å². The maximum absolute atomic E-state index is 13.6. The molecule has 2 aromatic rings. The Morgan fingerprint density at radius 3 is 2.39 bits per heavy atom. The fraction of sp³-hybridized carbons (Fsp3) is 0.321. The van der Waals surface area contributed by atoms with E-state index >= 15 is 0 Å². The van der Waals surface area contributed by atoms with Crippen LogP contribution in [0.2, 0.25) is 0 Å². The zero-order valence-corrected chi connectivity index (χ0v) is 21.0. The van der Waals surface area contributed by atoms with Gasteiger partial charge in [0.15, 0.2) is 0 Å². The number of rotatable bonds is 8. The quantitative estimate of drug-likeness (QED) is 0.275. The highest BCUT2D eigenvalue weighted by Gasteiger charge is 2.43. The van der Waals surface area contributed by atoms with Crippen LogP contribution in [0.5, 0.6) is 0 Å². The Morgan fingerprint density at radius 2 is 1.78 bits per heavy atom. The predicted octanol–water partition coefficient (Wildman–Crippen LogP) is 5.50. The van der Waals surface area contributed by atoms with Crippen LogP contribution in [0.15, 0.2) is 76.9 Å². The number of ether oxygens (including phenoxy) is 2. The molecule has 2 aromatic carbocycles. The maximum Gasteiger partial charge on any atom is 0.337 e. The Kier molecular flexibility index (Phi) is 8.53. The predicted molar refractivity (Wildman–Crippen MR) is 137 cm³/mol. The SMILES string of the molecule is COC(=O)C1C(C)=NC(C)=C(C(=O)OC(C=Cc2ccccc2)C(C)C)C1c1cccc([N+](=O)[O-])c1. The van der Waals surface area contributed by atoms with E-state index in [1.165, 1.54) is 25.3 Å². The number of aliphatic imine (C=N–C) groups is 1. The topological polar surface area (TPSA) is 108 Å². The van der Waals surface area contributed by atoms with E-state index < -0.39 is 34.8 Å². The number of allylic oxidation sites excluding steroid dienone is 1. The van der Waals surface area contributed by atoms with Crippen molar-refractivity contribution < 1.29 is 24.0 Å². The summed E-state index contributed by atoms with van der Waals surface area (Å²) < 4.78 is 11.0. The first-order chi connectivity index (χ1) is 17.1. The summed E-state index contributed by atoms with van der Waals surface area (Å²) in [4.78, 5) is 41.8. The van der Waals surface area contributed by atoms with E-state index in [0.717, 1.165) is 5.56 Å². The van der Waals surface area contributed by atoms with Crippen LogP contribution in [0.25, 0.3) is 6.08 Å². The van der Waals surface area contributed by atoms with Gasteiger partial charge in [0, 0.05) is 29.5 Å². The van der Waals surface area contributed by atoms with E-state index in [9.17, 15) is 19.7 Å². The molecule has 188 valence electrons. The molecular weight excluding hydrogens is 460 g/mol. The highest BCUT2D eigenvalue weighted by atomic mass is 16.6. The molecule has 1 aliphatic heterocycles. The molecule has 0 radical (unpaired) electrons. The van der Waals surface area contributed by atoms with Gasteiger partial charge in [-0.05, 0) is 37.0 Å². The van der Waals surface area contributed by atoms with Gasteiger partial charge in [0.2, 0.25) is 0 Å². The number of benzene rings is 2. The zero-order chi connectivity index (χ0) is 26.4. The lowest BCUT2D eigenvalue weighted by Gasteiger charge is -2.32. The molecule has 0 saturated heterocycles. The molecule has 3 atom stereocenters. The molecule has 0 bridgehead atoms. The van der Waals surface area contributed by atoms with E-state index in [1.54, 1.807) is 19.9 Å². The van der Waals surface area contributed by atoms with Gasteiger partial charge >= 0.3 is 11.9 Å². The average Bonchev–Trinajstić information content (AvgIpc) is 2.86. The van der Waals surface area contributed by atoms with Crippen molar-refractivity contribution in [2.75, 3.05) is 7.11 Å². The number of non-ortho nitro benzene ring substituents is 1. The van der Waals surface area contributed by atoms with Crippen molar-refractivity contribution in [2.24, 2.45) is 16.8 Å². The normalized spacial score (nSPS) is 18.7. The molecule has 3 unspecified atom stereocenters. The Bertz CT molecular complexity index is 1230. The summed E-state index contributed by atoms with van der Waals surface area (Å²) in [7, 11) is 1.26. The molecule has 1 heterocycles. The lowest BCUT2D eigenvalue weighted by Crippen LogP contribution is -2.37. The first-order valence-corrected chi connectivity index (χ1v) is 11.7. The van der Waals surface area contributed by atoms with Crippen molar-refractivity contribution >= 4 is 29.4 Å². The van der Waals surface area contributed by atoms with Crippen LogP contribution in [0.3, 0.4) is 0 Å². The molecule has 0 spiro atoms. The zero-order valence-electron chi connectivity index (χ0n) is 21.0. The Hall–Kier alpha value is -4.07. The second kappa shape index (κ2) is 11.6. The van der Waals surface area contributed by atoms with Crippen molar-refractivity contribution in [1.29, 1.82) is 0 Å². The molecular formula is C28H30N2O6. The molecule has 0 N–H and O–H groups in total. The van der Waals surface area contributed by atoms with E-state index in [4.69, 9.17) is 9.47 Å². The van der Waals surface area contributed by atoms with Gasteiger partial charge < -0.3 is 9.47 Å². The molecule has 1 aliphatic rings. The van der Waals surface area contributed by atoms with Crippen molar-refractivity contribution in [3.63, 3.8) is 0 Å². The van der Waals surface area contributed by atoms with Crippen LogP contribution >= 0.6 is 0 Å². The highest BCUT2D eigenvalue weighted by molar-refractivity contribution is 6.07. The summed E-state index contributed by atoms with van der Waals surface area (Å²) in [6.07, 6.45) is 3.16. The minimum Gasteiger partial charge on any atom is -0.468 e. The largest absolute Gasteiger partial charge is 0.468 e. The van der Waals surface area contributed by atoms with Crippen molar-refractivity contribution in [3.8, 4) is 0 Å². The highest BCUT2D eigenvalue weighted by Crippen LogP contribution is 2.41. The number of carbonyl (C=O) groups is 2. The summed E-state index contributed by atoms with van der Waals surface area (Å²) in [5, 5.41) is 11.4. The number of nitro benzene ring substituents is 1. The molecule has 36 heavy (non-hydrogen) atoms. The third-order valence-electron chi connectivity index (χ3n) is 6.12. The number of nitrogens with zero attached hydrogens (tertiary/aromatic N) is 2. The summed E-state index contributed by atoms with van der Waals surface area (Å²) in [6.45, 7) is 7.22. The minimum atomic E-state index is -0.930. The van der Waals surface area contributed by atoms with Gasteiger partial charge in [-0.3, -0.25) is 19.9 Å². The van der Waals surface area contributed by atoms with Gasteiger partial charge in [0.05, 0.1) is 17.6 Å².